The summed E-state index contributed by atoms with van der Waals surface area (Å²) in [7, 11) is 0. The van der Waals surface area contributed by atoms with Gasteiger partial charge in [-0.3, -0.25) is 10.1 Å². The van der Waals surface area contributed by atoms with Crippen LogP contribution < -0.4 is 20.7 Å². The van der Waals surface area contributed by atoms with E-state index in [0.717, 1.165) is 11.1 Å². The van der Waals surface area contributed by atoms with Crippen LogP contribution in [0.4, 0.5) is 23.9 Å². The van der Waals surface area contributed by atoms with Crippen molar-refractivity contribution in [2.45, 2.75) is 57.0 Å². The quantitative estimate of drug-likeness (QED) is 0.189. The van der Waals surface area contributed by atoms with Crippen molar-refractivity contribution in [2.75, 3.05) is 5.32 Å². The van der Waals surface area contributed by atoms with Gasteiger partial charge >= 0.3 is 12.4 Å². The summed E-state index contributed by atoms with van der Waals surface area (Å²) in [5, 5.41) is 21.4. The second kappa shape index (κ2) is 13.4. The van der Waals surface area contributed by atoms with Crippen LogP contribution in [0.25, 0.3) is 0 Å². The molecule has 3 aromatic carbocycles. The lowest BCUT2D eigenvalue weighted by atomic mass is 9.83. The first-order valence-electron chi connectivity index (χ1n) is 13.9. The number of aromatic amines is 1. The number of aromatic nitrogens is 4. The maximum absolute atomic E-state index is 13.0. The van der Waals surface area contributed by atoms with Crippen LogP contribution in [0.1, 0.15) is 76.7 Å². The number of hydrogen-bond acceptors (Lipinski definition) is 6. The van der Waals surface area contributed by atoms with Gasteiger partial charge in [0.1, 0.15) is 5.75 Å². The highest BCUT2D eigenvalue weighted by atomic mass is 19.4. The van der Waals surface area contributed by atoms with Gasteiger partial charge in [-0.05, 0) is 70.5 Å². The third-order valence-electron chi connectivity index (χ3n) is 7.31. The maximum Gasteiger partial charge on any atom is 0.573 e. The third kappa shape index (κ3) is 8.31. The van der Waals surface area contributed by atoms with Crippen molar-refractivity contribution in [3.05, 3.63) is 101 Å². The second-order valence-corrected chi connectivity index (χ2v) is 10.3. The van der Waals surface area contributed by atoms with Gasteiger partial charge in [0, 0.05) is 12.1 Å². The molecule has 4 N–H and O–H groups in total. The molecule has 1 saturated carbocycles. The molecule has 0 aliphatic heterocycles. The number of benzene rings is 3. The molecule has 43 heavy (non-hydrogen) atoms. The number of halogens is 3. The van der Waals surface area contributed by atoms with Gasteiger partial charge in [-0.2, -0.15) is 5.21 Å². The van der Waals surface area contributed by atoms with Crippen LogP contribution >= 0.6 is 0 Å². The molecule has 0 radical (unpaired) electrons. The van der Waals surface area contributed by atoms with Crippen molar-refractivity contribution in [1.82, 2.24) is 31.3 Å². The molecule has 1 aliphatic rings. The first-order valence-corrected chi connectivity index (χ1v) is 13.9. The van der Waals surface area contributed by atoms with E-state index in [0.29, 0.717) is 17.0 Å². The fourth-order valence-electron chi connectivity index (χ4n) is 5.14. The third-order valence-corrected chi connectivity index (χ3v) is 7.31. The first-order chi connectivity index (χ1) is 20.7. The standard InChI is InChI=1S/C30H30F3N7O3/c31-30(32,33)43-25-16-6-19(7-17-25)18-34-29(42)35-26(22-10-8-21(9-11-22)20-4-2-1-3-5-20)23-12-14-24(15-13-23)27(41)36-28-37-39-40-38-28/h6-17,20,26H,1-5,18H2,(H2,34,35,42)(H2,36,37,38,39,40,41). The lowest BCUT2D eigenvalue weighted by Crippen LogP contribution is -2.38. The molecule has 1 aliphatic carbocycles. The first kappa shape index (κ1) is 29.5. The van der Waals surface area contributed by atoms with E-state index in [1.165, 1.54) is 61.9 Å². The molecule has 1 aromatic heterocycles. The zero-order chi connectivity index (χ0) is 30.2. The summed E-state index contributed by atoms with van der Waals surface area (Å²) in [6, 6.07) is 19.3. The minimum atomic E-state index is -4.78. The number of carbonyl (C=O) groups excluding carboxylic acids is 2. The van der Waals surface area contributed by atoms with Crippen molar-refractivity contribution in [2.24, 2.45) is 0 Å². The molecule has 0 saturated heterocycles. The van der Waals surface area contributed by atoms with E-state index in [9.17, 15) is 22.8 Å². The summed E-state index contributed by atoms with van der Waals surface area (Å²) < 4.78 is 41.2. The summed E-state index contributed by atoms with van der Waals surface area (Å²) in [6.07, 6.45) is 1.27. The van der Waals surface area contributed by atoms with Crippen LogP contribution in [0.2, 0.25) is 0 Å². The Kier molecular flexibility index (Phi) is 9.18. The Balaban J connectivity index is 1.29. The van der Waals surface area contributed by atoms with Crippen molar-refractivity contribution < 1.29 is 27.5 Å². The molecule has 3 amide bonds. The summed E-state index contributed by atoms with van der Waals surface area (Å²) in [5.74, 6) is -0.182. The number of urea groups is 1. The second-order valence-electron chi connectivity index (χ2n) is 10.3. The fourth-order valence-corrected chi connectivity index (χ4v) is 5.14. The lowest BCUT2D eigenvalue weighted by Gasteiger charge is -2.24. The van der Waals surface area contributed by atoms with Crippen LogP contribution in [0.15, 0.2) is 72.8 Å². The molecule has 1 fully saturated rings. The fraction of sp³-hybridized carbons (Fsp3) is 0.300. The molecule has 10 nitrogen and oxygen atoms in total. The molecule has 13 heteroatoms. The van der Waals surface area contributed by atoms with E-state index in [-0.39, 0.29) is 18.2 Å². The Morgan fingerprint density at radius 2 is 1.56 bits per heavy atom. The average molecular weight is 594 g/mol. The molecular formula is C30H30F3N7O3. The van der Waals surface area contributed by atoms with Crippen LogP contribution in [-0.4, -0.2) is 38.9 Å². The molecule has 5 rings (SSSR count). The summed E-state index contributed by atoms with van der Waals surface area (Å²) >= 11 is 0. The molecule has 1 heterocycles. The Hall–Kier alpha value is -4.94. The Morgan fingerprint density at radius 3 is 2.16 bits per heavy atom. The molecular weight excluding hydrogens is 563 g/mol. The van der Waals surface area contributed by atoms with Gasteiger partial charge in [0.15, 0.2) is 0 Å². The van der Waals surface area contributed by atoms with Gasteiger partial charge in [-0.1, -0.05) is 72.9 Å². The molecule has 224 valence electrons. The Morgan fingerprint density at radius 1 is 0.907 bits per heavy atom. The van der Waals surface area contributed by atoms with Crippen LogP contribution in [-0.2, 0) is 6.54 Å². The van der Waals surface area contributed by atoms with Crippen molar-refractivity contribution in [3.63, 3.8) is 0 Å². The number of rotatable bonds is 9. The molecule has 0 bridgehead atoms. The monoisotopic (exact) mass is 593 g/mol. The normalized spacial score (nSPS) is 14.5. The maximum atomic E-state index is 13.0. The zero-order valence-corrected chi connectivity index (χ0v) is 23.0. The highest BCUT2D eigenvalue weighted by molar-refractivity contribution is 6.03. The van der Waals surface area contributed by atoms with E-state index < -0.39 is 24.3 Å². The molecule has 4 aromatic rings. The van der Waals surface area contributed by atoms with Crippen LogP contribution in [0.5, 0.6) is 5.75 Å². The van der Waals surface area contributed by atoms with Gasteiger partial charge in [0.25, 0.3) is 11.9 Å². The molecule has 1 unspecified atom stereocenters. The van der Waals surface area contributed by atoms with Crippen molar-refractivity contribution in [3.8, 4) is 5.75 Å². The van der Waals surface area contributed by atoms with E-state index in [1.54, 1.807) is 24.3 Å². The number of alkyl halides is 3. The Bertz CT molecular complexity index is 1490. The van der Waals surface area contributed by atoms with E-state index in [1.807, 2.05) is 12.1 Å². The average Bonchev–Trinajstić information content (AvgIpc) is 3.52. The predicted molar refractivity (Wildman–Crippen MR) is 151 cm³/mol. The van der Waals surface area contributed by atoms with E-state index >= 15 is 0 Å². The van der Waals surface area contributed by atoms with Crippen LogP contribution in [0.3, 0.4) is 0 Å². The van der Waals surface area contributed by atoms with Gasteiger partial charge in [-0.25, -0.2) is 4.79 Å². The van der Waals surface area contributed by atoms with Crippen molar-refractivity contribution >= 4 is 17.9 Å². The van der Waals surface area contributed by atoms with Crippen molar-refractivity contribution in [1.29, 1.82) is 0 Å². The van der Waals surface area contributed by atoms with Gasteiger partial charge in [0.05, 0.1) is 6.04 Å². The lowest BCUT2D eigenvalue weighted by molar-refractivity contribution is -0.274. The number of amides is 3. The number of nitrogens with one attached hydrogen (secondary N) is 4. The number of nitrogens with zero attached hydrogens (tertiary/aromatic N) is 3. The van der Waals surface area contributed by atoms with E-state index in [2.05, 4.69) is 53.4 Å². The number of anilines is 1. The topological polar surface area (TPSA) is 134 Å². The van der Waals surface area contributed by atoms with E-state index in [4.69, 9.17) is 0 Å². The summed E-state index contributed by atoms with van der Waals surface area (Å²) in [4.78, 5) is 25.6. The Labute approximate surface area is 245 Å². The number of ether oxygens (including phenoxy) is 1. The van der Waals surface area contributed by atoms with Crippen LogP contribution in [0, 0.1) is 0 Å². The minimum Gasteiger partial charge on any atom is -0.406 e. The van der Waals surface area contributed by atoms with Gasteiger partial charge in [-0.15, -0.1) is 18.3 Å². The highest BCUT2D eigenvalue weighted by Gasteiger charge is 2.31. The van der Waals surface area contributed by atoms with Gasteiger partial charge < -0.3 is 15.4 Å². The number of tetrazole rings is 1. The minimum absolute atomic E-state index is 0.0471. The largest absolute Gasteiger partial charge is 0.573 e. The number of hydrogen-bond donors (Lipinski definition) is 4. The smallest absolute Gasteiger partial charge is 0.406 e. The highest BCUT2D eigenvalue weighted by Crippen LogP contribution is 2.33. The summed E-state index contributed by atoms with van der Waals surface area (Å²) in [5.41, 5.74) is 3.83. The number of H-pyrrole nitrogens is 1. The molecule has 1 atom stereocenters. The summed E-state index contributed by atoms with van der Waals surface area (Å²) in [6.45, 7) is 0.0840. The zero-order valence-electron chi connectivity index (χ0n) is 23.0. The molecule has 0 spiro atoms. The van der Waals surface area contributed by atoms with Gasteiger partial charge in [0.2, 0.25) is 0 Å². The number of carbonyl (C=O) groups is 2. The predicted octanol–water partition coefficient (Wildman–Crippen LogP) is 5.99. The SMILES string of the molecule is O=C(NCc1ccc(OC(F)(F)F)cc1)NC(c1ccc(C(=O)Nc2nn[nH]n2)cc1)c1ccc(C2CCCCC2)cc1.